The predicted molar refractivity (Wildman–Crippen MR) is 80.0 cm³/mol. The molecule has 1 aromatic carbocycles. The van der Waals surface area contributed by atoms with Gasteiger partial charge < -0.3 is 4.57 Å². The number of rotatable bonds is 5. The van der Waals surface area contributed by atoms with Gasteiger partial charge in [0.1, 0.15) is 5.82 Å². The van der Waals surface area contributed by atoms with Crippen LogP contribution in [0, 0.1) is 10.1 Å². The molecule has 8 heteroatoms. The number of alkyl halides is 1. The first-order chi connectivity index (χ1) is 9.58. The highest BCUT2D eigenvalue weighted by atomic mass is 79.9. The van der Waals surface area contributed by atoms with Gasteiger partial charge in [-0.25, -0.2) is 0 Å². The monoisotopic (exact) mass is 358 g/mol. The second-order valence-corrected chi connectivity index (χ2v) is 5.14. The van der Waals surface area contributed by atoms with Gasteiger partial charge in [-0.3, -0.25) is 10.1 Å². The fourth-order valence-electron chi connectivity index (χ4n) is 1.94. The lowest BCUT2D eigenvalue weighted by atomic mass is 10.1. The Morgan fingerprint density at radius 1 is 1.45 bits per heavy atom. The standard InChI is InChI=1S/C12H12BrClN4O2/c1-2-5-17-11(7-13)15-16-12(17)9-4-3-8(14)6-10(9)18(19)20/h3-4,6H,2,5,7H2,1H3. The molecule has 0 unspecified atom stereocenters. The van der Waals surface area contributed by atoms with Gasteiger partial charge in [-0.2, -0.15) is 0 Å². The summed E-state index contributed by atoms with van der Waals surface area (Å²) in [5, 5.41) is 20.2. The van der Waals surface area contributed by atoms with Crippen LogP contribution in [-0.4, -0.2) is 19.7 Å². The molecule has 2 rings (SSSR count). The average Bonchev–Trinajstić information content (AvgIpc) is 2.82. The van der Waals surface area contributed by atoms with Gasteiger partial charge in [-0.05, 0) is 18.6 Å². The molecule has 0 spiro atoms. The van der Waals surface area contributed by atoms with Crippen molar-refractivity contribution in [1.82, 2.24) is 14.8 Å². The zero-order valence-corrected chi connectivity index (χ0v) is 13.1. The summed E-state index contributed by atoms with van der Waals surface area (Å²) in [6.45, 7) is 2.72. The molecule has 1 heterocycles. The maximum absolute atomic E-state index is 11.2. The van der Waals surface area contributed by atoms with E-state index in [1.54, 1.807) is 12.1 Å². The van der Waals surface area contributed by atoms with Gasteiger partial charge in [0.2, 0.25) is 0 Å². The molecule has 2 aromatic rings. The highest BCUT2D eigenvalue weighted by molar-refractivity contribution is 9.08. The van der Waals surface area contributed by atoms with Gasteiger partial charge in [0.25, 0.3) is 5.69 Å². The summed E-state index contributed by atoms with van der Waals surface area (Å²) >= 11 is 9.17. The predicted octanol–water partition coefficient (Wildman–Crippen LogP) is 3.81. The minimum absolute atomic E-state index is 0.0663. The molecule has 0 bridgehead atoms. The molecule has 1 aromatic heterocycles. The van der Waals surface area contributed by atoms with E-state index in [1.165, 1.54) is 6.07 Å². The summed E-state index contributed by atoms with van der Waals surface area (Å²) in [5.41, 5.74) is 0.357. The van der Waals surface area contributed by atoms with Crippen LogP contribution >= 0.6 is 27.5 Å². The van der Waals surface area contributed by atoms with E-state index in [4.69, 9.17) is 11.6 Å². The molecule has 0 saturated carbocycles. The first-order valence-corrected chi connectivity index (χ1v) is 7.50. The van der Waals surface area contributed by atoms with Crippen LogP contribution in [0.2, 0.25) is 5.02 Å². The minimum Gasteiger partial charge on any atom is -0.310 e. The second kappa shape index (κ2) is 6.32. The third kappa shape index (κ3) is 2.83. The smallest absolute Gasteiger partial charge is 0.281 e. The lowest BCUT2D eigenvalue weighted by molar-refractivity contribution is -0.384. The summed E-state index contributed by atoms with van der Waals surface area (Å²) in [6, 6.07) is 4.55. The van der Waals surface area contributed by atoms with Crippen molar-refractivity contribution >= 4 is 33.2 Å². The molecule has 20 heavy (non-hydrogen) atoms. The Hall–Kier alpha value is -1.47. The van der Waals surface area contributed by atoms with Crippen molar-refractivity contribution in [2.75, 3.05) is 0 Å². The van der Waals surface area contributed by atoms with Crippen LogP contribution < -0.4 is 0 Å². The van der Waals surface area contributed by atoms with Gasteiger partial charge >= 0.3 is 0 Å². The maximum Gasteiger partial charge on any atom is 0.281 e. The number of hydrogen-bond acceptors (Lipinski definition) is 4. The van der Waals surface area contributed by atoms with Crippen molar-refractivity contribution in [3.63, 3.8) is 0 Å². The SMILES string of the molecule is CCCn1c(CBr)nnc1-c1ccc(Cl)cc1[N+](=O)[O-]. The molecule has 0 aliphatic rings. The second-order valence-electron chi connectivity index (χ2n) is 4.14. The molecule has 0 fully saturated rings. The summed E-state index contributed by atoms with van der Waals surface area (Å²) in [5.74, 6) is 1.23. The van der Waals surface area contributed by atoms with Crippen molar-refractivity contribution in [1.29, 1.82) is 0 Å². The van der Waals surface area contributed by atoms with Crippen molar-refractivity contribution < 1.29 is 4.92 Å². The van der Waals surface area contributed by atoms with E-state index in [0.717, 1.165) is 12.2 Å². The Morgan fingerprint density at radius 2 is 2.20 bits per heavy atom. The molecule has 0 amide bonds. The normalized spacial score (nSPS) is 10.8. The number of nitro groups is 1. The Bertz CT molecular complexity index is 644. The Kier molecular flexibility index (Phi) is 4.72. The first-order valence-electron chi connectivity index (χ1n) is 6.00. The van der Waals surface area contributed by atoms with E-state index < -0.39 is 4.92 Å². The fourth-order valence-corrected chi connectivity index (χ4v) is 2.52. The molecule has 6 nitrogen and oxygen atoms in total. The van der Waals surface area contributed by atoms with Gasteiger partial charge in [0, 0.05) is 17.6 Å². The summed E-state index contributed by atoms with van der Waals surface area (Å²) in [6.07, 6.45) is 0.881. The van der Waals surface area contributed by atoms with Crippen molar-refractivity contribution in [3.05, 3.63) is 39.2 Å². The molecule has 0 N–H and O–H groups in total. The van der Waals surface area contributed by atoms with Crippen LogP contribution in [0.15, 0.2) is 18.2 Å². The minimum atomic E-state index is -0.458. The van der Waals surface area contributed by atoms with Crippen LogP contribution in [-0.2, 0) is 11.9 Å². The van der Waals surface area contributed by atoms with Crippen molar-refractivity contribution in [3.8, 4) is 11.4 Å². The van der Waals surface area contributed by atoms with E-state index in [9.17, 15) is 10.1 Å². The molecule has 0 atom stereocenters. The molecule has 0 aliphatic carbocycles. The molecular formula is C12H12BrClN4O2. The number of benzene rings is 1. The number of halogens is 2. The topological polar surface area (TPSA) is 73.8 Å². The van der Waals surface area contributed by atoms with Gasteiger partial charge in [-0.1, -0.05) is 34.5 Å². The zero-order valence-electron chi connectivity index (χ0n) is 10.7. The quantitative estimate of drug-likeness (QED) is 0.462. The Balaban J connectivity index is 2.62. The van der Waals surface area contributed by atoms with Crippen LogP contribution in [0.5, 0.6) is 0 Å². The van der Waals surface area contributed by atoms with Gasteiger partial charge in [-0.15, -0.1) is 10.2 Å². The Morgan fingerprint density at radius 3 is 2.80 bits per heavy atom. The van der Waals surface area contributed by atoms with Crippen LogP contribution in [0.3, 0.4) is 0 Å². The van der Waals surface area contributed by atoms with E-state index >= 15 is 0 Å². The molecular weight excluding hydrogens is 348 g/mol. The van der Waals surface area contributed by atoms with E-state index in [0.29, 0.717) is 28.3 Å². The fraction of sp³-hybridized carbons (Fsp3) is 0.333. The number of nitrogens with zero attached hydrogens (tertiary/aromatic N) is 4. The van der Waals surface area contributed by atoms with E-state index in [-0.39, 0.29) is 5.69 Å². The third-order valence-electron chi connectivity index (χ3n) is 2.79. The number of hydrogen-bond donors (Lipinski definition) is 0. The highest BCUT2D eigenvalue weighted by Gasteiger charge is 2.22. The van der Waals surface area contributed by atoms with E-state index in [2.05, 4.69) is 26.1 Å². The summed E-state index contributed by atoms with van der Waals surface area (Å²) < 4.78 is 1.88. The van der Waals surface area contributed by atoms with E-state index in [1.807, 2.05) is 11.5 Å². The Labute approximate surface area is 129 Å². The lowest BCUT2D eigenvalue weighted by Crippen LogP contribution is -2.05. The molecule has 106 valence electrons. The van der Waals surface area contributed by atoms with Crippen molar-refractivity contribution in [2.24, 2.45) is 0 Å². The van der Waals surface area contributed by atoms with Gasteiger partial charge in [0.15, 0.2) is 5.82 Å². The largest absolute Gasteiger partial charge is 0.310 e. The molecule has 0 saturated heterocycles. The van der Waals surface area contributed by atoms with Crippen LogP contribution in [0.1, 0.15) is 19.2 Å². The average molecular weight is 360 g/mol. The van der Waals surface area contributed by atoms with Gasteiger partial charge in [0.05, 0.1) is 15.8 Å². The highest BCUT2D eigenvalue weighted by Crippen LogP contribution is 2.31. The first kappa shape index (κ1) is 14.9. The third-order valence-corrected chi connectivity index (χ3v) is 3.53. The van der Waals surface area contributed by atoms with Crippen LogP contribution in [0.25, 0.3) is 11.4 Å². The molecule has 0 aliphatic heterocycles. The zero-order chi connectivity index (χ0) is 14.7. The summed E-state index contributed by atoms with van der Waals surface area (Å²) in [7, 11) is 0. The lowest BCUT2D eigenvalue weighted by Gasteiger charge is -2.08. The summed E-state index contributed by atoms with van der Waals surface area (Å²) in [4.78, 5) is 10.7. The van der Waals surface area contributed by atoms with Crippen LogP contribution in [0.4, 0.5) is 5.69 Å². The number of aromatic nitrogens is 3. The molecule has 0 radical (unpaired) electrons. The maximum atomic E-state index is 11.2. The number of nitro benzene ring substituents is 1. The van der Waals surface area contributed by atoms with Crippen molar-refractivity contribution in [2.45, 2.75) is 25.2 Å².